The fourth-order valence-electron chi connectivity index (χ4n) is 1.74. The molecule has 0 radical (unpaired) electrons. The Morgan fingerprint density at radius 1 is 1.30 bits per heavy atom. The predicted molar refractivity (Wildman–Crippen MR) is 75.7 cm³/mol. The van der Waals surface area contributed by atoms with E-state index in [2.05, 4.69) is 9.72 Å². The van der Waals surface area contributed by atoms with Crippen molar-refractivity contribution in [3.63, 3.8) is 0 Å². The van der Waals surface area contributed by atoms with E-state index in [1.54, 1.807) is 11.1 Å². The van der Waals surface area contributed by atoms with Gasteiger partial charge in [0.05, 0.1) is 25.8 Å². The van der Waals surface area contributed by atoms with Crippen molar-refractivity contribution in [3.05, 3.63) is 30.1 Å². The number of ether oxygens (including phenoxy) is 1. The molecule has 0 fully saturated rings. The van der Waals surface area contributed by atoms with Crippen molar-refractivity contribution in [1.29, 1.82) is 0 Å². The molecule has 5 nitrogen and oxygen atoms in total. The maximum absolute atomic E-state index is 12.4. The quantitative estimate of drug-likeness (QED) is 0.773. The third-order valence-electron chi connectivity index (χ3n) is 2.82. The lowest BCUT2D eigenvalue weighted by atomic mass is 9.94. The van der Waals surface area contributed by atoms with Gasteiger partial charge in [-0.1, -0.05) is 26.8 Å². The molecule has 0 aliphatic carbocycles. The van der Waals surface area contributed by atoms with Crippen molar-refractivity contribution in [3.8, 4) is 0 Å². The van der Waals surface area contributed by atoms with Crippen molar-refractivity contribution in [2.75, 3.05) is 13.7 Å². The van der Waals surface area contributed by atoms with Gasteiger partial charge in [0.1, 0.15) is 0 Å². The first-order chi connectivity index (χ1) is 9.34. The number of methoxy groups -OCH3 is 1. The maximum Gasteiger partial charge on any atom is 0.307 e. The highest BCUT2D eigenvalue weighted by Gasteiger charge is 2.27. The van der Waals surface area contributed by atoms with E-state index in [1.807, 2.05) is 39.0 Å². The number of hydrogen-bond acceptors (Lipinski definition) is 4. The Kier molecular flexibility index (Phi) is 5.67. The van der Waals surface area contributed by atoms with E-state index in [9.17, 15) is 9.59 Å². The second-order valence-electron chi connectivity index (χ2n) is 5.62. The first-order valence-corrected chi connectivity index (χ1v) is 6.60. The van der Waals surface area contributed by atoms with E-state index in [-0.39, 0.29) is 18.3 Å². The van der Waals surface area contributed by atoms with E-state index in [1.165, 1.54) is 7.11 Å². The highest BCUT2D eigenvalue weighted by Crippen LogP contribution is 2.19. The van der Waals surface area contributed by atoms with E-state index in [4.69, 9.17) is 0 Å². The number of aromatic nitrogens is 1. The number of carbonyl (C=O) groups is 2. The Balaban J connectivity index is 2.79. The van der Waals surface area contributed by atoms with Crippen molar-refractivity contribution in [2.45, 2.75) is 33.7 Å². The molecule has 1 heterocycles. The summed E-state index contributed by atoms with van der Waals surface area (Å²) in [6.07, 6.45) is 1.88. The molecule has 1 aromatic rings. The molecule has 0 saturated heterocycles. The standard InChI is InChI=1S/C15H22N2O3/c1-15(2,3)14(19)17(10-8-13(18)20-4)11-12-7-5-6-9-16-12/h5-7,9H,8,10-11H2,1-4H3. The van der Waals surface area contributed by atoms with Crippen LogP contribution >= 0.6 is 0 Å². The Bertz CT molecular complexity index is 452. The zero-order valence-corrected chi connectivity index (χ0v) is 12.5. The van der Waals surface area contributed by atoms with Crippen LogP contribution < -0.4 is 0 Å². The van der Waals surface area contributed by atoms with E-state index >= 15 is 0 Å². The zero-order valence-electron chi connectivity index (χ0n) is 12.5. The van der Waals surface area contributed by atoms with Crippen LogP contribution in [0.25, 0.3) is 0 Å². The first kappa shape index (κ1) is 16.1. The van der Waals surface area contributed by atoms with Gasteiger partial charge in [-0.05, 0) is 12.1 Å². The van der Waals surface area contributed by atoms with Crippen molar-refractivity contribution in [1.82, 2.24) is 9.88 Å². The molecule has 1 rings (SSSR count). The van der Waals surface area contributed by atoms with Gasteiger partial charge in [0, 0.05) is 18.2 Å². The first-order valence-electron chi connectivity index (χ1n) is 6.60. The van der Waals surface area contributed by atoms with Crippen molar-refractivity contribution in [2.24, 2.45) is 5.41 Å². The van der Waals surface area contributed by atoms with Crippen LogP contribution in [0.2, 0.25) is 0 Å². The van der Waals surface area contributed by atoms with Gasteiger partial charge in [-0.15, -0.1) is 0 Å². The molecule has 0 bridgehead atoms. The molecule has 5 heteroatoms. The summed E-state index contributed by atoms with van der Waals surface area (Å²) >= 11 is 0. The number of amides is 1. The third kappa shape index (κ3) is 4.99. The van der Waals surface area contributed by atoms with E-state index in [0.29, 0.717) is 13.1 Å². The number of esters is 1. The maximum atomic E-state index is 12.4. The van der Waals surface area contributed by atoms with Crippen molar-refractivity contribution >= 4 is 11.9 Å². The lowest BCUT2D eigenvalue weighted by Crippen LogP contribution is -2.40. The molecular weight excluding hydrogens is 256 g/mol. The molecule has 0 spiro atoms. The average molecular weight is 278 g/mol. The summed E-state index contributed by atoms with van der Waals surface area (Å²) in [6.45, 7) is 6.31. The highest BCUT2D eigenvalue weighted by atomic mass is 16.5. The van der Waals surface area contributed by atoms with Gasteiger partial charge in [0.2, 0.25) is 5.91 Å². The fraction of sp³-hybridized carbons (Fsp3) is 0.533. The molecule has 0 N–H and O–H groups in total. The predicted octanol–water partition coefficient (Wildman–Crippen LogP) is 2.02. The minimum atomic E-state index is -0.495. The molecular formula is C15H22N2O3. The number of carbonyl (C=O) groups excluding carboxylic acids is 2. The van der Waals surface area contributed by atoms with Crippen LogP contribution in [-0.2, 0) is 20.9 Å². The van der Waals surface area contributed by atoms with Crippen LogP contribution in [0, 0.1) is 5.41 Å². The number of pyridine rings is 1. The van der Waals surface area contributed by atoms with E-state index in [0.717, 1.165) is 5.69 Å². The number of rotatable bonds is 5. The minimum absolute atomic E-state index is 0.00736. The zero-order chi connectivity index (χ0) is 15.2. The molecule has 0 aliphatic rings. The Morgan fingerprint density at radius 3 is 2.50 bits per heavy atom. The Morgan fingerprint density at radius 2 is 2.00 bits per heavy atom. The van der Waals surface area contributed by atoms with E-state index < -0.39 is 5.41 Å². The van der Waals surface area contributed by atoms with Gasteiger partial charge in [-0.2, -0.15) is 0 Å². The lowest BCUT2D eigenvalue weighted by molar-refractivity contribution is -0.144. The van der Waals surface area contributed by atoms with Crippen LogP contribution in [0.1, 0.15) is 32.9 Å². The van der Waals surface area contributed by atoms with Crippen molar-refractivity contribution < 1.29 is 14.3 Å². The van der Waals surface area contributed by atoms with Gasteiger partial charge < -0.3 is 9.64 Å². The topological polar surface area (TPSA) is 59.5 Å². The second-order valence-corrected chi connectivity index (χ2v) is 5.62. The summed E-state index contributed by atoms with van der Waals surface area (Å²) < 4.78 is 4.62. The van der Waals surface area contributed by atoms with Gasteiger partial charge in [0.15, 0.2) is 0 Å². The highest BCUT2D eigenvalue weighted by molar-refractivity contribution is 5.82. The lowest BCUT2D eigenvalue weighted by Gasteiger charge is -2.29. The molecule has 1 aromatic heterocycles. The third-order valence-corrected chi connectivity index (χ3v) is 2.82. The second kappa shape index (κ2) is 7.03. The Labute approximate surface area is 119 Å². The minimum Gasteiger partial charge on any atom is -0.469 e. The van der Waals surface area contributed by atoms with Crippen LogP contribution in [0.15, 0.2) is 24.4 Å². The number of hydrogen-bond donors (Lipinski definition) is 0. The SMILES string of the molecule is COC(=O)CCN(Cc1ccccn1)C(=O)C(C)(C)C. The average Bonchev–Trinajstić information content (AvgIpc) is 2.42. The van der Waals surface area contributed by atoms with Gasteiger partial charge in [-0.25, -0.2) is 0 Å². The van der Waals surface area contributed by atoms with Gasteiger partial charge in [0.25, 0.3) is 0 Å². The molecule has 0 aliphatic heterocycles. The van der Waals surface area contributed by atoms with Gasteiger partial charge >= 0.3 is 5.97 Å². The normalized spacial score (nSPS) is 11.0. The number of nitrogens with zero attached hydrogens (tertiary/aromatic N) is 2. The molecule has 1 amide bonds. The summed E-state index contributed by atoms with van der Waals surface area (Å²) in [6, 6.07) is 5.57. The Hall–Kier alpha value is -1.91. The van der Waals surface area contributed by atoms with Gasteiger partial charge in [-0.3, -0.25) is 14.6 Å². The molecule has 20 heavy (non-hydrogen) atoms. The molecule has 110 valence electrons. The summed E-state index contributed by atoms with van der Waals surface area (Å²) in [5.41, 5.74) is 0.306. The monoisotopic (exact) mass is 278 g/mol. The van der Waals surface area contributed by atoms with Crippen LogP contribution in [0.3, 0.4) is 0 Å². The largest absolute Gasteiger partial charge is 0.469 e. The summed E-state index contributed by atoms with van der Waals surface area (Å²) in [4.78, 5) is 29.6. The molecule has 0 unspecified atom stereocenters. The van der Waals surface area contributed by atoms with Crippen LogP contribution in [-0.4, -0.2) is 35.4 Å². The smallest absolute Gasteiger partial charge is 0.307 e. The molecule has 0 aromatic carbocycles. The summed E-state index contributed by atoms with van der Waals surface area (Å²) in [7, 11) is 1.34. The molecule has 0 atom stereocenters. The van der Waals surface area contributed by atoms with Crippen LogP contribution in [0.4, 0.5) is 0 Å². The fourth-order valence-corrected chi connectivity index (χ4v) is 1.74. The molecule has 0 saturated carbocycles. The summed E-state index contributed by atoms with van der Waals surface area (Å²) in [5, 5.41) is 0. The van der Waals surface area contributed by atoms with Crippen LogP contribution in [0.5, 0.6) is 0 Å². The summed E-state index contributed by atoms with van der Waals surface area (Å²) in [5.74, 6) is -0.329.